The first-order valence-corrected chi connectivity index (χ1v) is 11.7. The van der Waals surface area contributed by atoms with Gasteiger partial charge in [-0.2, -0.15) is 0 Å². The first kappa shape index (κ1) is 21.1. The summed E-state index contributed by atoms with van der Waals surface area (Å²) in [4.78, 5) is 19.1. The second-order valence-electron chi connectivity index (χ2n) is 9.32. The van der Waals surface area contributed by atoms with Crippen molar-refractivity contribution in [2.75, 3.05) is 13.2 Å². The number of nitrogens with two attached hydrogens (primary N) is 1. The minimum absolute atomic E-state index is 0.177. The van der Waals surface area contributed by atoms with Crippen LogP contribution in [0.3, 0.4) is 0 Å². The van der Waals surface area contributed by atoms with E-state index in [1.165, 1.54) is 25.3 Å². The Morgan fingerprint density at radius 2 is 2.09 bits per heavy atom. The number of ether oxygens (including phenoxy) is 1. The summed E-state index contributed by atoms with van der Waals surface area (Å²) in [6.45, 7) is 3.60. The molecule has 1 unspecified atom stereocenters. The van der Waals surface area contributed by atoms with Crippen molar-refractivity contribution in [3.63, 3.8) is 0 Å². The molecule has 5 nitrogen and oxygen atoms in total. The summed E-state index contributed by atoms with van der Waals surface area (Å²) in [6.07, 6.45) is 8.36. The summed E-state index contributed by atoms with van der Waals surface area (Å²) in [5.74, 6) is 0.407. The number of carbonyl (C=O) groups excluding carboxylic acids is 1. The molecule has 0 saturated heterocycles. The number of hydrogen-bond acceptors (Lipinski definition) is 4. The van der Waals surface area contributed by atoms with Gasteiger partial charge in [0.25, 0.3) is 0 Å². The molecule has 3 aliphatic rings. The van der Waals surface area contributed by atoms with Crippen LogP contribution in [0.1, 0.15) is 65.1 Å². The number of nitrogens with zero attached hydrogens (tertiary/aromatic N) is 2. The van der Waals surface area contributed by atoms with Gasteiger partial charge in [0.05, 0.1) is 5.69 Å². The first-order valence-electron chi connectivity index (χ1n) is 11.7. The van der Waals surface area contributed by atoms with E-state index in [1.54, 1.807) is 12.1 Å². The zero-order chi connectivity index (χ0) is 22.2. The molecule has 0 spiro atoms. The minimum Gasteiger partial charge on any atom is -0.491 e. The number of primary amides is 1. The third-order valence-electron chi connectivity index (χ3n) is 7.31. The van der Waals surface area contributed by atoms with Crippen LogP contribution in [-0.2, 0) is 6.42 Å². The molecule has 0 aromatic heterocycles. The normalized spacial score (nSPS) is 21.7. The molecule has 1 aliphatic carbocycles. The van der Waals surface area contributed by atoms with Crippen molar-refractivity contribution in [1.82, 2.24) is 4.90 Å². The quantitative estimate of drug-likeness (QED) is 0.687. The smallest absolute Gasteiger partial charge is 0.249 e. The lowest BCUT2D eigenvalue weighted by Gasteiger charge is -2.44. The van der Waals surface area contributed by atoms with Crippen LogP contribution in [0.25, 0.3) is 0 Å². The van der Waals surface area contributed by atoms with E-state index in [1.807, 2.05) is 25.3 Å². The molecule has 0 bridgehead atoms. The van der Waals surface area contributed by atoms with Gasteiger partial charge in [-0.3, -0.25) is 14.7 Å². The fraction of sp³-hybridized carbons (Fsp3) is 0.462. The Morgan fingerprint density at radius 3 is 2.84 bits per heavy atom. The van der Waals surface area contributed by atoms with Crippen molar-refractivity contribution in [3.8, 4) is 5.75 Å². The zero-order valence-corrected chi connectivity index (χ0v) is 18.5. The van der Waals surface area contributed by atoms with Gasteiger partial charge in [-0.05, 0) is 81.0 Å². The maximum absolute atomic E-state index is 13.7. The second kappa shape index (κ2) is 8.66. The van der Waals surface area contributed by atoms with Gasteiger partial charge in [-0.15, -0.1) is 0 Å². The standard InChI is InChI=1S/C26H30FN3O2/c1-16-7-9-21(26(28)31)23-13-20(15-32-25(16)23)30(19-5-2-6-19)11-3-4-17-14-29-24-10-8-18(27)12-22(17)24/h7-10,12,14,17,19-20H,2-6,11,13,15H2,1H3,(H2,28,31)/t17?,20-/m1/s1. The molecule has 1 amide bonds. The third kappa shape index (κ3) is 3.92. The second-order valence-corrected chi connectivity index (χ2v) is 9.32. The fourth-order valence-electron chi connectivity index (χ4n) is 5.36. The maximum atomic E-state index is 13.7. The summed E-state index contributed by atoms with van der Waals surface area (Å²) < 4.78 is 19.9. The monoisotopic (exact) mass is 435 g/mol. The fourth-order valence-corrected chi connectivity index (χ4v) is 5.36. The summed E-state index contributed by atoms with van der Waals surface area (Å²) in [5.41, 5.74) is 10.1. The molecule has 2 aliphatic heterocycles. The number of halogens is 1. The summed E-state index contributed by atoms with van der Waals surface area (Å²) >= 11 is 0. The van der Waals surface area contributed by atoms with Gasteiger partial charge in [0.1, 0.15) is 18.2 Å². The van der Waals surface area contributed by atoms with Crippen LogP contribution in [0.15, 0.2) is 35.3 Å². The molecule has 2 heterocycles. The summed E-state index contributed by atoms with van der Waals surface area (Å²) in [7, 11) is 0. The van der Waals surface area contributed by atoms with Gasteiger partial charge in [0.15, 0.2) is 0 Å². The molecular formula is C26H30FN3O2. The van der Waals surface area contributed by atoms with Crippen molar-refractivity contribution < 1.29 is 13.9 Å². The van der Waals surface area contributed by atoms with Gasteiger partial charge >= 0.3 is 0 Å². The predicted octanol–water partition coefficient (Wildman–Crippen LogP) is 4.67. The van der Waals surface area contributed by atoms with Crippen LogP contribution in [0.5, 0.6) is 5.75 Å². The van der Waals surface area contributed by atoms with Gasteiger partial charge < -0.3 is 10.5 Å². The Kier molecular flexibility index (Phi) is 5.72. The van der Waals surface area contributed by atoms with Crippen molar-refractivity contribution in [2.45, 2.75) is 63.5 Å². The molecule has 0 radical (unpaired) electrons. The van der Waals surface area contributed by atoms with E-state index in [0.29, 0.717) is 18.2 Å². The molecule has 2 aromatic rings. The van der Waals surface area contributed by atoms with E-state index in [9.17, 15) is 9.18 Å². The maximum Gasteiger partial charge on any atom is 0.249 e. The number of benzene rings is 2. The van der Waals surface area contributed by atoms with Crippen LogP contribution < -0.4 is 10.5 Å². The molecule has 2 atom stereocenters. The SMILES string of the molecule is Cc1ccc(C(N)=O)c2c1OC[C@H](N(CCCC1C=Nc3ccc(F)cc31)C1CCC1)C2. The van der Waals surface area contributed by atoms with E-state index in [0.717, 1.165) is 53.9 Å². The minimum atomic E-state index is -0.396. The highest BCUT2D eigenvalue weighted by Gasteiger charge is 2.35. The molecule has 1 saturated carbocycles. The van der Waals surface area contributed by atoms with Gasteiger partial charge in [0.2, 0.25) is 5.91 Å². The average Bonchev–Trinajstić information content (AvgIpc) is 3.13. The van der Waals surface area contributed by atoms with Crippen LogP contribution in [0.4, 0.5) is 10.1 Å². The molecular weight excluding hydrogens is 405 g/mol. The molecule has 2 N–H and O–H groups in total. The average molecular weight is 436 g/mol. The Morgan fingerprint density at radius 1 is 1.25 bits per heavy atom. The number of amides is 1. The van der Waals surface area contributed by atoms with Crippen LogP contribution in [-0.4, -0.2) is 42.3 Å². The highest BCUT2D eigenvalue weighted by Crippen LogP contribution is 2.37. The lowest BCUT2D eigenvalue weighted by molar-refractivity contribution is 0.0426. The van der Waals surface area contributed by atoms with Gasteiger partial charge in [0, 0.05) is 35.3 Å². The number of carbonyl (C=O) groups is 1. The topological polar surface area (TPSA) is 67.9 Å². The summed E-state index contributed by atoms with van der Waals surface area (Å²) in [6, 6.07) is 9.38. The summed E-state index contributed by atoms with van der Waals surface area (Å²) in [5, 5.41) is 0. The van der Waals surface area contributed by atoms with Crippen molar-refractivity contribution in [3.05, 3.63) is 58.4 Å². The Bertz CT molecular complexity index is 1060. The van der Waals surface area contributed by atoms with E-state index in [-0.39, 0.29) is 17.8 Å². The number of aryl methyl sites for hydroxylation is 1. The Balaban J connectivity index is 1.29. The van der Waals surface area contributed by atoms with E-state index >= 15 is 0 Å². The van der Waals surface area contributed by atoms with Crippen molar-refractivity contribution >= 4 is 17.8 Å². The van der Waals surface area contributed by atoms with E-state index in [4.69, 9.17) is 10.5 Å². The van der Waals surface area contributed by atoms with E-state index < -0.39 is 5.91 Å². The highest BCUT2D eigenvalue weighted by molar-refractivity contribution is 5.95. The molecule has 2 aromatic carbocycles. The van der Waals surface area contributed by atoms with Crippen LogP contribution in [0, 0.1) is 12.7 Å². The molecule has 168 valence electrons. The Hall–Kier alpha value is -2.73. The van der Waals surface area contributed by atoms with Gasteiger partial charge in [-0.25, -0.2) is 4.39 Å². The molecule has 1 fully saturated rings. The number of hydrogen-bond donors (Lipinski definition) is 1. The van der Waals surface area contributed by atoms with Crippen molar-refractivity contribution in [1.29, 1.82) is 0 Å². The number of rotatable bonds is 7. The lowest BCUT2D eigenvalue weighted by atomic mass is 9.87. The molecule has 5 rings (SSSR count). The largest absolute Gasteiger partial charge is 0.491 e. The Labute approximate surface area is 188 Å². The van der Waals surface area contributed by atoms with E-state index in [2.05, 4.69) is 9.89 Å². The van der Waals surface area contributed by atoms with Crippen molar-refractivity contribution in [2.24, 2.45) is 10.7 Å². The van der Waals surface area contributed by atoms with Crippen LogP contribution in [0.2, 0.25) is 0 Å². The van der Waals surface area contributed by atoms with Crippen LogP contribution >= 0.6 is 0 Å². The third-order valence-corrected chi connectivity index (χ3v) is 7.31. The number of aliphatic imine (C=N–C) groups is 1. The molecule has 6 heteroatoms. The lowest BCUT2D eigenvalue weighted by Crippen LogP contribution is -2.51. The predicted molar refractivity (Wildman–Crippen MR) is 124 cm³/mol. The number of fused-ring (bicyclic) bond motifs is 2. The van der Waals surface area contributed by atoms with Gasteiger partial charge in [-0.1, -0.05) is 12.5 Å². The zero-order valence-electron chi connectivity index (χ0n) is 18.5. The first-order chi connectivity index (χ1) is 15.5. The molecule has 32 heavy (non-hydrogen) atoms. The highest BCUT2D eigenvalue weighted by atomic mass is 19.1.